The maximum absolute atomic E-state index is 6.47. The van der Waals surface area contributed by atoms with E-state index in [0.717, 1.165) is 58.5 Å². The van der Waals surface area contributed by atoms with Gasteiger partial charge in [-0.2, -0.15) is 9.61 Å². The Balaban J connectivity index is 1.46. The minimum atomic E-state index is 0.603. The number of pyridine rings is 1. The largest absolute Gasteiger partial charge is 0.363 e. The van der Waals surface area contributed by atoms with Crippen molar-refractivity contribution in [3.05, 3.63) is 70.5 Å². The fourth-order valence-corrected chi connectivity index (χ4v) is 4.35. The Morgan fingerprint density at radius 2 is 1.81 bits per heavy atom. The number of anilines is 2. The standard InChI is InChI=1S/C24H25ClN6/c1-16-17(2)24-27-15-22(31(24)29-23(16)19-9-3-4-10-20(19)25)26-14-18-8-7-11-21(28-18)30-12-5-6-13-30/h3-4,7-11,15,26H,5-6,12-14H2,1-2H3. The molecule has 4 aromatic rings. The lowest BCUT2D eigenvalue weighted by Crippen LogP contribution is -2.19. The highest BCUT2D eigenvalue weighted by Gasteiger charge is 2.17. The zero-order chi connectivity index (χ0) is 21.4. The molecule has 0 spiro atoms. The average Bonchev–Trinajstić information content (AvgIpc) is 3.46. The van der Waals surface area contributed by atoms with Gasteiger partial charge < -0.3 is 10.2 Å². The molecule has 31 heavy (non-hydrogen) atoms. The van der Waals surface area contributed by atoms with Gasteiger partial charge in [-0.15, -0.1) is 0 Å². The fourth-order valence-electron chi connectivity index (χ4n) is 4.12. The van der Waals surface area contributed by atoms with Crippen molar-refractivity contribution in [3.63, 3.8) is 0 Å². The molecule has 1 aliphatic heterocycles. The van der Waals surface area contributed by atoms with Crippen molar-refractivity contribution in [3.8, 4) is 11.3 Å². The number of nitrogens with one attached hydrogen (secondary N) is 1. The van der Waals surface area contributed by atoms with Crippen molar-refractivity contribution in [1.29, 1.82) is 0 Å². The molecule has 3 aromatic heterocycles. The van der Waals surface area contributed by atoms with E-state index in [4.69, 9.17) is 21.7 Å². The molecule has 4 heterocycles. The molecule has 6 nitrogen and oxygen atoms in total. The second kappa shape index (κ2) is 8.19. The SMILES string of the molecule is Cc1c(-c2ccccc2Cl)nn2c(NCc3cccc(N4CCCC4)n3)cnc2c1C. The van der Waals surface area contributed by atoms with Gasteiger partial charge >= 0.3 is 0 Å². The highest BCUT2D eigenvalue weighted by molar-refractivity contribution is 6.33. The molecule has 1 aromatic carbocycles. The molecule has 0 atom stereocenters. The highest BCUT2D eigenvalue weighted by atomic mass is 35.5. The summed E-state index contributed by atoms with van der Waals surface area (Å²) in [5.41, 5.74) is 5.80. The zero-order valence-corrected chi connectivity index (χ0v) is 18.5. The van der Waals surface area contributed by atoms with E-state index >= 15 is 0 Å². The van der Waals surface area contributed by atoms with Crippen LogP contribution in [0.4, 0.5) is 11.6 Å². The van der Waals surface area contributed by atoms with Gasteiger partial charge in [-0.05, 0) is 56.0 Å². The Labute approximate surface area is 186 Å². The lowest BCUT2D eigenvalue weighted by atomic mass is 10.0. The monoisotopic (exact) mass is 432 g/mol. The first-order valence-electron chi connectivity index (χ1n) is 10.7. The van der Waals surface area contributed by atoms with Crippen LogP contribution in [0.3, 0.4) is 0 Å². The normalized spacial score (nSPS) is 13.8. The van der Waals surface area contributed by atoms with Gasteiger partial charge in [0.25, 0.3) is 0 Å². The van der Waals surface area contributed by atoms with E-state index in [1.165, 1.54) is 12.8 Å². The van der Waals surface area contributed by atoms with Gasteiger partial charge in [0, 0.05) is 18.7 Å². The summed E-state index contributed by atoms with van der Waals surface area (Å²) in [5, 5.41) is 9.05. The molecule has 0 unspecified atom stereocenters. The molecule has 0 aliphatic carbocycles. The third-order valence-electron chi connectivity index (χ3n) is 5.99. The number of rotatable bonds is 5. The van der Waals surface area contributed by atoms with Crippen molar-refractivity contribution in [1.82, 2.24) is 19.6 Å². The molecule has 1 saturated heterocycles. The van der Waals surface area contributed by atoms with Crippen molar-refractivity contribution >= 4 is 28.9 Å². The Hall–Kier alpha value is -3.12. The predicted octanol–water partition coefficient (Wildman–Crippen LogP) is 5.27. The average molecular weight is 433 g/mol. The van der Waals surface area contributed by atoms with Crippen LogP contribution in [0.15, 0.2) is 48.7 Å². The Morgan fingerprint density at radius 3 is 2.61 bits per heavy atom. The minimum absolute atomic E-state index is 0.603. The second-order valence-corrected chi connectivity index (χ2v) is 8.40. The molecular formula is C24H25ClN6. The third-order valence-corrected chi connectivity index (χ3v) is 6.32. The highest BCUT2D eigenvalue weighted by Crippen LogP contribution is 2.31. The van der Waals surface area contributed by atoms with Gasteiger partial charge in [0.15, 0.2) is 5.65 Å². The molecule has 1 fully saturated rings. The van der Waals surface area contributed by atoms with Gasteiger partial charge in [0.1, 0.15) is 11.6 Å². The number of aryl methyl sites for hydroxylation is 1. The van der Waals surface area contributed by atoms with E-state index in [2.05, 4.69) is 41.2 Å². The summed E-state index contributed by atoms with van der Waals surface area (Å²) in [5.74, 6) is 1.89. The topological polar surface area (TPSA) is 58.4 Å². The van der Waals surface area contributed by atoms with E-state index in [-0.39, 0.29) is 0 Å². The Kier molecular flexibility index (Phi) is 5.24. The molecule has 5 rings (SSSR count). The number of aromatic nitrogens is 4. The van der Waals surface area contributed by atoms with Crippen LogP contribution < -0.4 is 10.2 Å². The van der Waals surface area contributed by atoms with E-state index in [1.54, 1.807) is 0 Å². The second-order valence-electron chi connectivity index (χ2n) is 7.99. The first-order valence-corrected chi connectivity index (χ1v) is 11.0. The van der Waals surface area contributed by atoms with Gasteiger partial charge in [-0.3, -0.25) is 0 Å². The maximum atomic E-state index is 6.47. The lowest BCUT2D eigenvalue weighted by molar-refractivity contribution is 0.896. The van der Waals surface area contributed by atoms with Crippen LogP contribution >= 0.6 is 11.6 Å². The van der Waals surface area contributed by atoms with Gasteiger partial charge in [-0.25, -0.2) is 9.97 Å². The summed E-state index contributed by atoms with van der Waals surface area (Å²) in [6.45, 7) is 6.92. The summed E-state index contributed by atoms with van der Waals surface area (Å²) in [4.78, 5) is 11.8. The molecule has 0 amide bonds. The lowest BCUT2D eigenvalue weighted by Gasteiger charge is -2.17. The summed E-state index contributed by atoms with van der Waals surface area (Å²) in [6.07, 6.45) is 4.31. The van der Waals surface area contributed by atoms with Crippen LogP contribution in [0.25, 0.3) is 16.9 Å². The van der Waals surface area contributed by atoms with Crippen LogP contribution in [0.1, 0.15) is 29.7 Å². The minimum Gasteiger partial charge on any atom is -0.363 e. The van der Waals surface area contributed by atoms with E-state index in [0.29, 0.717) is 11.6 Å². The molecule has 158 valence electrons. The van der Waals surface area contributed by atoms with Crippen molar-refractivity contribution in [2.75, 3.05) is 23.3 Å². The molecule has 0 bridgehead atoms. The number of hydrogen-bond donors (Lipinski definition) is 1. The first-order chi connectivity index (χ1) is 15.1. The Morgan fingerprint density at radius 1 is 1.00 bits per heavy atom. The number of fused-ring (bicyclic) bond motifs is 1. The fraction of sp³-hybridized carbons (Fsp3) is 0.292. The summed E-state index contributed by atoms with van der Waals surface area (Å²) in [6, 6.07) is 14.0. The van der Waals surface area contributed by atoms with Crippen molar-refractivity contribution in [2.45, 2.75) is 33.2 Å². The number of imidazole rings is 1. The molecule has 7 heteroatoms. The van der Waals surface area contributed by atoms with Crippen LogP contribution in [0, 0.1) is 13.8 Å². The van der Waals surface area contributed by atoms with Crippen LogP contribution in [-0.4, -0.2) is 32.7 Å². The number of benzene rings is 1. The number of halogens is 1. The molecule has 0 radical (unpaired) electrons. The maximum Gasteiger partial charge on any atom is 0.159 e. The number of hydrogen-bond acceptors (Lipinski definition) is 5. The van der Waals surface area contributed by atoms with Gasteiger partial charge in [0.2, 0.25) is 0 Å². The van der Waals surface area contributed by atoms with Gasteiger partial charge in [-0.1, -0.05) is 35.9 Å². The summed E-state index contributed by atoms with van der Waals surface area (Å²) >= 11 is 6.47. The van der Waals surface area contributed by atoms with E-state index in [1.807, 2.05) is 41.0 Å². The van der Waals surface area contributed by atoms with Crippen LogP contribution in [-0.2, 0) is 6.54 Å². The first kappa shape index (κ1) is 19.8. The quantitative estimate of drug-likeness (QED) is 0.465. The summed E-state index contributed by atoms with van der Waals surface area (Å²) in [7, 11) is 0. The molecule has 1 N–H and O–H groups in total. The zero-order valence-electron chi connectivity index (χ0n) is 17.8. The molecule has 1 aliphatic rings. The Bertz CT molecular complexity index is 1240. The van der Waals surface area contributed by atoms with Crippen LogP contribution in [0.2, 0.25) is 5.02 Å². The molecule has 0 saturated carbocycles. The van der Waals surface area contributed by atoms with E-state index < -0.39 is 0 Å². The summed E-state index contributed by atoms with van der Waals surface area (Å²) < 4.78 is 1.87. The van der Waals surface area contributed by atoms with Crippen molar-refractivity contribution < 1.29 is 0 Å². The van der Waals surface area contributed by atoms with Gasteiger partial charge in [0.05, 0.1) is 29.2 Å². The predicted molar refractivity (Wildman–Crippen MR) is 126 cm³/mol. The van der Waals surface area contributed by atoms with Crippen molar-refractivity contribution in [2.24, 2.45) is 0 Å². The molecular weight excluding hydrogens is 408 g/mol. The third kappa shape index (κ3) is 3.72. The number of nitrogens with zero attached hydrogens (tertiary/aromatic N) is 5. The van der Waals surface area contributed by atoms with E-state index in [9.17, 15) is 0 Å². The van der Waals surface area contributed by atoms with Crippen LogP contribution in [0.5, 0.6) is 0 Å². The smallest absolute Gasteiger partial charge is 0.159 e.